The summed E-state index contributed by atoms with van der Waals surface area (Å²) in [4.78, 5) is 20.3. The van der Waals surface area contributed by atoms with E-state index in [1.54, 1.807) is 18.6 Å². The summed E-state index contributed by atoms with van der Waals surface area (Å²) in [6.45, 7) is 3.92. The van der Waals surface area contributed by atoms with Crippen molar-refractivity contribution in [1.82, 2.24) is 19.9 Å². The van der Waals surface area contributed by atoms with Gasteiger partial charge in [-0.15, -0.1) is 0 Å². The summed E-state index contributed by atoms with van der Waals surface area (Å²) in [7, 11) is 0. The van der Waals surface area contributed by atoms with Crippen LogP contribution in [-0.4, -0.2) is 33.0 Å². The number of hydrogen-bond acceptors (Lipinski definition) is 6. The van der Waals surface area contributed by atoms with Crippen LogP contribution < -0.4 is 10.2 Å². The monoisotopic (exact) mass is 346 g/mol. The smallest absolute Gasteiger partial charge is 0.225 e. The minimum absolute atomic E-state index is 0.374. The molecule has 132 valence electrons. The van der Waals surface area contributed by atoms with Crippen LogP contribution in [0.2, 0.25) is 0 Å². The molecule has 0 aromatic carbocycles. The Kier molecular flexibility index (Phi) is 4.73. The summed E-state index contributed by atoms with van der Waals surface area (Å²) < 4.78 is 0. The Morgan fingerprint density at radius 3 is 2.69 bits per heavy atom. The van der Waals surface area contributed by atoms with Gasteiger partial charge in [-0.3, -0.25) is 0 Å². The molecule has 1 aliphatic rings. The fourth-order valence-electron chi connectivity index (χ4n) is 3.34. The second-order valence-electron chi connectivity index (χ2n) is 6.58. The molecule has 3 aromatic rings. The first-order valence-electron chi connectivity index (χ1n) is 8.97. The second-order valence-corrected chi connectivity index (χ2v) is 6.58. The molecule has 1 unspecified atom stereocenters. The molecule has 3 aromatic heterocycles. The topological polar surface area (TPSA) is 66.8 Å². The summed E-state index contributed by atoms with van der Waals surface area (Å²) in [5.74, 6) is 2.85. The zero-order valence-corrected chi connectivity index (χ0v) is 14.8. The summed E-state index contributed by atoms with van der Waals surface area (Å²) in [6, 6.07) is 12.0. The highest BCUT2D eigenvalue weighted by Gasteiger charge is 2.24. The average Bonchev–Trinajstić information content (AvgIpc) is 2.71. The highest BCUT2D eigenvalue weighted by molar-refractivity contribution is 5.55. The number of nitrogens with zero attached hydrogens (tertiary/aromatic N) is 5. The lowest BCUT2D eigenvalue weighted by Crippen LogP contribution is -2.35. The van der Waals surface area contributed by atoms with Gasteiger partial charge in [-0.25, -0.2) is 19.9 Å². The van der Waals surface area contributed by atoms with Gasteiger partial charge in [0.1, 0.15) is 11.6 Å². The molecule has 1 fully saturated rings. The predicted molar refractivity (Wildman–Crippen MR) is 103 cm³/mol. The first kappa shape index (κ1) is 16.4. The van der Waals surface area contributed by atoms with Gasteiger partial charge in [-0.05, 0) is 49.6 Å². The van der Waals surface area contributed by atoms with Crippen molar-refractivity contribution in [2.45, 2.75) is 25.7 Å². The molecule has 6 nitrogen and oxygen atoms in total. The highest BCUT2D eigenvalue weighted by atomic mass is 15.3. The molecule has 0 bridgehead atoms. The van der Waals surface area contributed by atoms with Crippen molar-refractivity contribution in [3.8, 4) is 0 Å². The Morgan fingerprint density at radius 1 is 1.00 bits per heavy atom. The molecule has 26 heavy (non-hydrogen) atoms. The van der Waals surface area contributed by atoms with Gasteiger partial charge in [0.25, 0.3) is 0 Å². The van der Waals surface area contributed by atoms with Crippen molar-refractivity contribution >= 4 is 17.6 Å². The Bertz CT molecular complexity index is 867. The molecular formula is C20H22N6. The third-order valence-electron chi connectivity index (χ3n) is 4.70. The summed E-state index contributed by atoms with van der Waals surface area (Å²) in [5, 5.41) is 3.33. The molecule has 1 atom stereocenters. The number of anilines is 3. The average molecular weight is 346 g/mol. The number of aryl methyl sites for hydroxylation is 1. The van der Waals surface area contributed by atoms with Gasteiger partial charge < -0.3 is 10.2 Å². The summed E-state index contributed by atoms with van der Waals surface area (Å²) in [5.41, 5.74) is 2.20. The number of pyridine rings is 2. The number of aromatic nitrogens is 4. The van der Waals surface area contributed by atoms with E-state index in [0.29, 0.717) is 5.92 Å². The van der Waals surface area contributed by atoms with E-state index in [0.717, 1.165) is 54.8 Å². The maximum atomic E-state index is 4.84. The molecule has 1 saturated heterocycles. The van der Waals surface area contributed by atoms with Crippen LogP contribution >= 0.6 is 0 Å². The maximum Gasteiger partial charge on any atom is 0.225 e. The van der Waals surface area contributed by atoms with E-state index in [9.17, 15) is 0 Å². The zero-order chi connectivity index (χ0) is 17.8. The van der Waals surface area contributed by atoms with Crippen LogP contribution in [0.15, 0.2) is 55.0 Å². The molecule has 0 spiro atoms. The highest BCUT2D eigenvalue weighted by Crippen LogP contribution is 2.28. The molecule has 0 saturated carbocycles. The van der Waals surface area contributed by atoms with Crippen LogP contribution in [0.5, 0.6) is 0 Å². The fraction of sp³-hybridized carbons (Fsp3) is 0.300. The number of hydrogen-bond donors (Lipinski definition) is 1. The van der Waals surface area contributed by atoms with Gasteiger partial charge >= 0.3 is 0 Å². The molecule has 0 aliphatic carbocycles. The zero-order valence-electron chi connectivity index (χ0n) is 14.8. The van der Waals surface area contributed by atoms with Crippen molar-refractivity contribution < 1.29 is 0 Å². The summed E-state index contributed by atoms with van der Waals surface area (Å²) in [6.07, 6.45) is 7.62. The van der Waals surface area contributed by atoms with Crippen molar-refractivity contribution in [2.24, 2.45) is 0 Å². The van der Waals surface area contributed by atoms with Crippen LogP contribution in [0.3, 0.4) is 0 Å². The lowest BCUT2D eigenvalue weighted by atomic mass is 9.94. The van der Waals surface area contributed by atoms with Gasteiger partial charge in [-0.1, -0.05) is 12.1 Å². The quantitative estimate of drug-likeness (QED) is 0.777. The van der Waals surface area contributed by atoms with E-state index in [4.69, 9.17) is 4.98 Å². The lowest BCUT2D eigenvalue weighted by molar-refractivity contribution is 0.495. The van der Waals surface area contributed by atoms with Gasteiger partial charge in [-0.2, -0.15) is 0 Å². The largest absolute Gasteiger partial charge is 0.340 e. The predicted octanol–water partition coefficient (Wildman–Crippen LogP) is 3.70. The molecular weight excluding hydrogens is 324 g/mol. The standard InChI is InChI=1S/C20H22N6/c1-15-6-3-10-21-19(15)25-18-9-2-8-17(24-18)16-7-4-13-26(14-16)20-22-11-5-12-23-20/h2-3,5-6,8-12,16H,4,7,13-14H2,1H3,(H,21,24,25). The van der Waals surface area contributed by atoms with Crippen molar-refractivity contribution in [2.75, 3.05) is 23.3 Å². The van der Waals surface area contributed by atoms with E-state index in [2.05, 4.69) is 37.3 Å². The van der Waals surface area contributed by atoms with E-state index in [1.807, 2.05) is 31.2 Å². The lowest BCUT2D eigenvalue weighted by Gasteiger charge is -2.32. The van der Waals surface area contributed by atoms with Gasteiger partial charge in [0.05, 0.1) is 0 Å². The number of nitrogens with one attached hydrogen (secondary N) is 1. The molecule has 0 radical (unpaired) electrons. The molecule has 4 rings (SSSR count). The Morgan fingerprint density at radius 2 is 1.85 bits per heavy atom. The number of piperidine rings is 1. The van der Waals surface area contributed by atoms with Crippen molar-refractivity contribution in [1.29, 1.82) is 0 Å². The summed E-state index contributed by atoms with van der Waals surface area (Å²) >= 11 is 0. The van der Waals surface area contributed by atoms with Crippen LogP contribution in [-0.2, 0) is 0 Å². The fourth-order valence-corrected chi connectivity index (χ4v) is 3.34. The first-order valence-corrected chi connectivity index (χ1v) is 8.97. The number of rotatable bonds is 4. The third kappa shape index (κ3) is 3.64. The van der Waals surface area contributed by atoms with Crippen LogP contribution in [0.1, 0.15) is 30.0 Å². The van der Waals surface area contributed by atoms with Crippen LogP contribution in [0, 0.1) is 6.92 Å². The first-order chi connectivity index (χ1) is 12.8. The molecule has 0 amide bonds. The van der Waals surface area contributed by atoms with Gasteiger partial charge in [0, 0.05) is 43.3 Å². The molecule has 6 heteroatoms. The van der Waals surface area contributed by atoms with Gasteiger partial charge in [0.2, 0.25) is 5.95 Å². The van der Waals surface area contributed by atoms with E-state index in [1.165, 1.54) is 0 Å². The third-order valence-corrected chi connectivity index (χ3v) is 4.70. The van der Waals surface area contributed by atoms with Crippen LogP contribution in [0.25, 0.3) is 0 Å². The second kappa shape index (κ2) is 7.47. The Balaban J connectivity index is 1.52. The van der Waals surface area contributed by atoms with E-state index < -0.39 is 0 Å². The van der Waals surface area contributed by atoms with Crippen molar-refractivity contribution in [3.05, 3.63) is 66.2 Å². The molecule has 1 aliphatic heterocycles. The normalized spacial score (nSPS) is 17.1. The Hall–Kier alpha value is -3.02. The molecule has 1 N–H and O–H groups in total. The molecule has 4 heterocycles. The van der Waals surface area contributed by atoms with E-state index >= 15 is 0 Å². The van der Waals surface area contributed by atoms with Gasteiger partial charge in [0.15, 0.2) is 0 Å². The Labute approximate surface area is 153 Å². The SMILES string of the molecule is Cc1cccnc1Nc1cccc(C2CCCN(c3ncccn3)C2)n1. The minimum atomic E-state index is 0.374. The van der Waals surface area contributed by atoms with E-state index in [-0.39, 0.29) is 0 Å². The maximum absolute atomic E-state index is 4.84. The minimum Gasteiger partial charge on any atom is -0.340 e. The van der Waals surface area contributed by atoms with Crippen molar-refractivity contribution in [3.63, 3.8) is 0 Å². The van der Waals surface area contributed by atoms with Crippen LogP contribution in [0.4, 0.5) is 17.6 Å².